The second-order valence-electron chi connectivity index (χ2n) is 7.24. The van der Waals surface area contributed by atoms with Crippen LogP contribution in [0.2, 0.25) is 19.6 Å². The maximum absolute atomic E-state index is 12.9. The molecule has 0 aromatic carbocycles. The van der Waals surface area contributed by atoms with Crippen LogP contribution in [-0.2, 0) is 9.63 Å². The van der Waals surface area contributed by atoms with Gasteiger partial charge < -0.3 is 4.43 Å². The largest absolute Gasteiger partial charge is 0.416 e. The lowest BCUT2D eigenvalue weighted by Crippen LogP contribution is -2.49. The van der Waals surface area contributed by atoms with Crippen LogP contribution in [0.5, 0.6) is 0 Å². The van der Waals surface area contributed by atoms with E-state index in [0.717, 1.165) is 4.88 Å². The number of hydrogen-bond acceptors (Lipinski definition) is 3. The van der Waals surface area contributed by atoms with Crippen molar-refractivity contribution >= 4 is 19.7 Å². The van der Waals surface area contributed by atoms with Crippen LogP contribution < -0.4 is 0 Å². The third-order valence-corrected chi connectivity index (χ3v) is 5.13. The highest BCUT2D eigenvalue weighted by Gasteiger charge is 2.37. The summed E-state index contributed by atoms with van der Waals surface area (Å²) in [6, 6.07) is 3.96. The summed E-state index contributed by atoms with van der Waals surface area (Å²) in [5.74, 6) is 0.275. The SMILES string of the molecule is CC(C)C(c1cccs1)N([O])C(C)(C)CO[Si](C)(C)C. The van der Waals surface area contributed by atoms with Gasteiger partial charge in [0.1, 0.15) is 0 Å². The molecule has 3 nitrogen and oxygen atoms in total. The van der Waals surface area contributed by atoms with Crippen LogP contribution in [0.4, 0.5) is 0 Å². The molecule has 0 spiro atoms. The Bertz CT molecular complexity index is 399. The molecule has 1 unspecified atom stereocenters. The average molecular weight is 315 g/mol. The molecule has 0 saturated carbocycles. The van der Waals surface area contributed by atoms with Gasteiger partial charge in [0.05, 0.1) is 18.2 Å². The summed E-state index contributed by atoms with van der Waals surface area (Å²) in [6.07, 6.45) is 0. The van der Waals surface area contributed by atoms with Crippen molar-refractivity contribution in [2.24, 2.45) is 5.92 Å². The topological polar surface area (TPSA) is 32.4 Å². The normalized spacial score (nSPS) is 15.1. The molecule has 0 N–H and O–H groups in total. The van der Waals surface area contributed by atoms with Gasteiger partial charge in [0, 0.05) is 4.88 Å². The molecule has 1 rings (SSSR count). The predicted octanol–water partition coefficient (Wildman–Crippen LogP) is 4.72. The minimum absolute atomic E-state index is 0.102. The first-order chi connectivity index (χ1) is 9.04. The van der Waals surface area contributed by atoms with Gasteiger partial charge in [0.2, 0.25) is 0 Å². The van der Waals surface area contributed by atoms with Crippen LogP contribution in [0.15, 0.2) is 17.5 Å². The number of rotatable bonds is 7. The molecule has 1 radical (unpaired) electrons. The molecule has 0 amide bonds. The zero-order valence-electron chi connectivity index (χ0n) is 13.8. The summed E-state index contributed by atoms with van der Waals surface area (Å²) >= 11 is 1.65. The van der Waals surface area contributed by atoms with Gasteiger partial charge in [-0.25, -0.2) is 0 Å². The Hall–Kier alpha value is -0.203. The molecule has 1 atom stereocenters. The highest BCUT2D eigenvalue weighted by atomic mass is 32.1. The van der Waals surface area contributed by atoms with Gasteiger partial charge in [-0.2, -0.15) is 0 Å². The van der Waals surface area contributed by atoms with Gasteiger partial charge in [-0.1, -0.05) is 19.9 Å². The van der Waals surface area contributed by atoms with Crippen molar-refractivity contribution in [3.63, 3.8) is 0 Å². The van der Waals surface area contributed by atoms with E-state index in [9.17, 15) is 5.21 Å². The van der Waals surface area contributed by atoms with Gasteiger partial charge in [0.15, 0.2) is 8.32 Å². The number of hydroxylamine groups is 2. The van der Waals surface area contributed by atoms with E-state index in [1.807, 2.05) is 25.3 Å². The van der Waals surface area contributed by atoms with Crippen LogP contribution >= 0.6 is 11.3 Å². The number of nitrogens with zero attached hydrogens (tertiary/aromatic N) is 1. The lowest BCUT2D eigenvalue weighted by molar-refractivity contribution is -0.260. The molecular weight excluding hydrogens is 286 g/mol. The number of thiophene rings is 1. The van der Waals surface area contributed by atoms with Gasteiger partial charge >= 0.3 is 0 Å². The standard InChI is InChI=1S/C15H28NO2SSi/c1-12(2)14(13-9-8-10-19-13)16(17)15(3,4)11-18-20(5,6)7/h8-10,12,14H,11H2,1-7H3. The van der Waals surface area contributed by atoms with Crippen LogP contribution in [-0.4, -0.2) is 25.5 Å². The average Bonchev–Trinajstić information content (AvgIpc) is 2.79. The Kier molecular flexibility index (Phi) is 5.98. The van der Waals surface area contributed by atoms with Crippen LogP contribution in [0.3, 0.4) is 0 Å². The molecule has 0 bridgehead atoms. The first-order valence-electron chi connectivity index (χ1n) is 7.18. The Morgan fingerprint density at radius 2 is 1.95 bits per heavy atom. The highest BCUT2D eigenvalue weighted by molar-refractivity contribution is 7.10. The molecule has 1 aromatic heterocycles. The zero-order chi connectivity index (χ0) is 15.6. The zero-order valence-corrected chi connectivity index (χ0v) is 15.6. The van der Waals surface area contributed by atoms with Crippen molar-refractivity contribution < 1.29 is 9.63 Å². The fourth-order valence-electron chi connectivity index (χ4n) is 2.01. The lowest BCUT2D eigenvalue weighted by Gasteiger charge is -2.39. The van der Waals surface area contributed by atoms with Crippen molar-refractivity contribution in [1.29, 1.82) is 0 Å². The van der Waals surface area contributed by atoms with E-state index in [1.54, 1.807) is 11.3 Å². The Balaban J connectivity index is 2.86. The van der Waals surface area contributed by atoms with E-state index < -0.39 is 13.9 Å². The monoisotopic (exact) mass is 314 g/mol. The summed E-state index contributed by atoms with van der Waals surface area (Å²) in [4.78, 5) is 1.14. The van der Waals surface area contributed by atoms with Crippen LogP contribution in [0.1, 0.15) is 38.6 Å². The van der Waals surface area contributed by atoms with Crippen molar-refractivity contribution in [2.75, 3.05) is 6.61 Å². The Labute approximate surface area is 128 Å². The minimum Gasteiger partial charge on any atom is -0.416 e. The maximum Gasteiger partial charge on any atom is 0.183 e. The summed E-state index contributed by atoms with van der Waals surface area (Å²) in [6.45, 7) is 15.1. The summed E-state index contributed by atoms with van der Waals surface area (Å²) in [7, 11) is -1.60. The van der Waals surface area contributed by atoms with E-state index in [0.29, 0.717) is 6.61 Å². The van der Waals surface area contributed by atoms with Crippen molar-refractivity contribution in [3.8, 4) is 0 Å². The lowest BCUT2D eigenvalue weighted by atomic mass is 9.97. The summed E-state index contributed by atoms with van der Waals surface area (Å²) in [5.41, 5.74) is -0.515. The van der Waals surface area contributed by atoms with Crippen molar-refractivity contribution in [2.45, 2.75) is 58.9 Å². The summed E-state index contributed by atoms with van der Waals surface area (Å²) < 4.78 is 5.96. The fourth-order valence-corrected chi connectivity index (χ4v) is 3.77. The quantitative estimate of drug-likeness (QED) is 0.538. The van der Waals surface area contributed by atoms with Gasteiger partial charge in [-0.15, -0.1) is 21.6 Å². The maximum atomic E-state index is 12.9. The Morgan fingerprint density at radius 3 is 2.35 bits per heavy atom. The van der Waals surface area contributed by atoms with Gasteiger partial charge in [-0.3, -0.25) is 0 Å². The van der Waals surface area contributed by atoms with Crippen LogP contribution in [0.25, 0.3) is 0 Å². The third-order valence-electron chi connectivity index (χ3n) is 3.17. The smallest absolute Gasteiger partial charge is 0.183 e. The molecule has 1 heterocycles. The molecular formula is C15H28NO2SSi. The van der Waals surface area contributed by atoms with Gasteiger partial charge in [-0.05, 0) is 50.9 Å². The molecule has 5 heteroatoms. The van der Waals surface area contributed by atoms with Crippen molar-refractivity contribution in [1.82, 2.24) is 5.06 Å². The summed E-state index contributed by atoms with van der Waals surface area (Å²) in [5, 5.41) is 16.2. The molecule has 1 aromatic rings. The highest BCUT2D eigenvalue weighted by Crippen LogP contribution is 2.35. The van der Waals surface area contributed by atoms with E-state index in [2.05, 4.69) is 39.6 Å². The van der Waals surface area contributed by atoms with Gasteiger partial charge in [0.25, 0.3) is 0 Å². The molecule has 20 heavy (non-hydrogen) atoms. The molecule has 0 aliphatic rings. The second-order valence-corrected chi connectivity index (χ2v) is 12.7. The first-order valence-corrected chi connectivity index (χ1v) is 11.5. The molecule has 0 aliphatic carbocycles. The predicted molar refractivity (Wildman–Crippen MR) is 87.8 cm³/mol. The second kappa shape index (κ2) is 6.71. The first kappa shape index (κ1) is 17.8. The molecule has 0 fully saturated rings. The van der Waals surface area contributed by atoms with Crippen molar-refractivity contribution in [3.05, 3.63) is 22.4 Å². The minimum atomic E-state index is -1.60. The van der Waals surface area contributed by atoms with E-state index >= 15 is 0 Å². The van der Waals surface area contributed by atoms with Crippen LogP contribution in [0, 0.1) is 5.92 Å². The fraction of sp³-hybridized carbons (Fsp3) is 0.733. The van der Waals surface area contributed by atoms with E-state index in [4.69, 9.17) is 4.43 Å². The number of hydrogen-bond donors (Lipinski definition) is 0. The molecule has 0 aliphatic heterocycles. The Morgan fingerprint density at radius 1 is 1.35 bits per heavy atom. The molecule has 0 saturated heterocycles. The third kappa shape index (κ3) is 4.97. The molecule has 115 valence electrons. The van der Waals surface area contributed by atoms with E-state index in [-0.39, 0.29) is 12.0 Å². The van der Waals surface area contributed by atoms with E-state index in [1.165, 1.54) is 5.06 Å².